The van der Waals surface area contributed by atoms with Gasteiger partial charge in [-0.3, -0.25) is 9.59 Å². The Morgan fingerprint density at radius 1 is 1.30 bits per heavy atom. The number of carbonyl (C=O) groups excluding carboxylic acids is 2. The maximum Gasteiger partial charge on any atom is 0.239 e. The minimum atomic E-state index is -0.107. The largest absolute Gasteiger partial charge is 0.355 e. The van der Waals surface area contributed by atoms with Gasteiger partial charge in [0.25, 0.3) is 0 Å². The summed E-state index contributed by atoms with van der Waals surface area (Å²) in [6.07, 6.45) is 3.09. The third-order valence-corrected chi connectivity index (χ3v) is 4.79. The predicted molar refractivity (Wildman–Crippen MR) is 101 cm³/mol. The van der Waals surface area contributed by atoms with Gasteiger partial charge in [0.15, 0.2) is 5.65 Å². The summed E-state index contributed by atoms with van der Waals surface area (Å²) < 4.78 is 1.65. The molecule has 146 valence electrons. The van der Waals surface area contributed by atoms with Crippen LogP contribution in [0.5, 0.6) is 0 Å². The minimum Gasteiger partial charge on any atom is -0.355 e. The topological polar surface area (TPSA) is 95.7 Å². The fourth-order valence-electron chi connectivity index (χ4n) is 3.39. The second-order valence-electron chi connectivity index (χ2n) is 7.16. The molecule has 0 aromatic carbocycles. The quantitative estimate of drug-likeness (QED) is 0.801. The van der Waals surface area contributed by atoms with Gasteiger partial charge in [-0.05, 0) is 45.7 Å². The van der Waals surface area contributed by atoms with E-state index in [1.54, 1.807) is 15.7 Å². The van der Waals surface area contributed by atoms with Crippen molar-refractivity contribution in [2.45, 2.75) is 39.7 Å². The highest BCUT2D eigenvalue weighted by Gasteiger charge is 2.29. The average Bonchev–Trinajstić information content (AvgIpc) is 3.13. The number of piperidine rings is 1. The van der Waals surface area contributed by atoms with E-state index >= 15 is 0 Å². The van der Waals surface area contributed by atoms with Gasteiger partial charge in [-0.25, -0.2) is 0 Å². The van der Waals surface area contributed by atoms with Gasteiger partial charge in [0, 0.05) is 31.6 Å². The second-order valence-corrected chi connectivity index (χ2v) is 7.16. The van der Waals surface area contributed by atoms with Crippen LogP contribution in [0.4, 0.5) is 5.82 Å². The van der Waals surface area contributed by atoms with Crippen molar-refractivity contribution in [3.63, 3.8) is 0 Å². The van der Waals surface area contributed by atoms with Crippen molar-refractivity contribution in [1.29, 1.82) is 0 Å². The summed E-state index contributed by atoms with van der Waals surface area (Å²) in [6, 6.07) is 3.89. The van der Waals surface area contributed by atoms with Crippen LogP contribution >= 0.6 is 0 Å². The molecule has 1 N–H and O–H groups in total. The van der Waals surface area contributed by atoms with Crippen molar-refractivity contribution in [3.8, 4) is 0 Å². The Balaban J connectivity index is 1.57. The number of likely N-dealkylation sites (N-methyl/N-ethyl adjacent to an activating group) is 1. The zero-order chi connectivity index (χ0) is 19.4. The van der Waals surface area contributed by atoms with Crippen LogP contribution < -0.4 is 10.2 Å². The summed E-state index contributed by atoms with van der Waals surface area (Å²) in [7, 11) is 0. The smallest absolute Gasteiger partial charge is 0.239 e. The van der Waals surface area contributed by atoms with Gasteiger partial charge in [-0.15, -0.1) is 15.3 Å². The molecule has 3 heterocycles. The van der Waals surface area contributed by atoms with E-state index in [1.165, 1.54) is 0 Å². The standard InChI is InChI=1S/C18H27N7O2/c1-4-23(11-17(26)20-13(2)3)18(27)14-7-9-24(10-8-14)16-6-5-15-21-19-12-25(15)22-16/h5-6,12-14H,4,7-11H2,1-3H3,(H,20,26). The summed E-state index contributed by atoms with van der Waals surface area (Å²) >= 11 is 0. The van der Waals surface area contributed by atoms with E-state index in [-0.39, 0.29) is 30.3 Å². The van der Waals surface area contributed by atoms with Crippen molar-refractivity contribution in [2.24, 2.45) is 5.92 Å². The van der Waals surface area contributed by atoms with Crippen molar-refractivity contribution >= 4 is 23.3 Å². The number of carbonyl (C=O) groups is 2. The van der Waals surface area contributed by atoms with E-state index in [1.807, 2.05) is 32.9 Å². The molecule has 0 spiro atoms. The number of hydrogen-bond acceptors (Lipinski definition) is 6. The van der Waals surface area contributed by atoms with E-state index in [2.05, 4.69) is 25.5 Å². The maximum atomic E-state index is 12.8. The molecule has 0 radical (unpaired) electrons. The predicted octanol–water partition coefficient (Wildman–Crippen LogP) is 0.714. The molecular formula is C18H27N7O2. The fraction of sp³-hybridized carbons (Fsp3) is 0.611. The molecule has 1 aliphatic rings. The van der Waals surface area contributed by atoms with Crippen LogP contribution in [0.3, 0.4) is 0 Å². The Labute approximate surface area is 158 Å². The van der Waals surface area contributed by atoms with E-state index in [9.17, 15) is 9.59 Å². The van der Waals surface area contributed by atoms with Crippen LogP contribution in [0.15, 0.2) is 18.5 Å². The molecular weight excluding hydrogens is 346 g/mol. The van der Waals surface area contributed by atoms with Gasteiger partial charge in [0.1, 0.15) is 12.1 Å². The third kappa shape index (κ3) is 4.53. The van der Waals surface area contributed by atoms with Crippen LogP contribution in [0.2, 0.25) is 0 Å². The molecule has 0 unspecified atom stereocenters. The molecule has 9 heteroatoms. The number of nitrogens with one attached hydrogen (secondary N) is 1. The van der Waals surface area contributed by atoms with Gasteiger partial charge in [-0.1, -0.05) is 0 Å². The van der Waals surface area contributed by atoms with Crippen LogP contribution in [-0.2, 0) is 9.59 Å². The fourth-order valence-corrected chi connectivity index (χ4v) is 3.39. The summed E-state index contributed by atoms with van der Waals surface area (Å²) in [5.41, 5.74) is 0.710. The highest BCUT2D eigenvalue weighted by molar-refractivity contribution is 5.86. The number of hydrogen-bond donors (Lipinski definition) is 1. The Kier molecular flexibility index (Phi) is 5.88. The minimum absolute atomic E-state index is 0.0494. The highest BCUT2D eigenvalue weighted by Crippen LogP contribution is 2.23. The number of amides is 2. The van der Waals surface area contributed by atoms with Gasteiger partial charge in [-0.2, -0.15) is 4.52 Å². The summed E-state index contributed by atoms with van der Waals surface area (Å²) in [5.74, 6) is 0.769. The van der Waals surface area contributed by atoms with E-state index < -0.39 is 0 Å². The molecule has 1 saturated heterocycles. The molecule has 2 amide bonds. The zero-order valence-electron chi connectivity index (χ0n) is 16.1. The van der Waals surface area contributed by atoms with E-state index in [0.29, 0.717) is 12.2 Å². The Bertz CT molecular complexity index is 796. The lowest BCUT2D eigenvalue weighted by atomic mass is 9.95. The molecule has 1 aliphatic heterocycles. The molecule has 9 nitrogen and oxygen atoms in total. The number of rotatable bonds is 6. The van der Waals surface area contributed by atoms with Crippen LogP contribution in [0, 0.1) is 5.92 Å². The monoisotopic (exact) mass is 373 g/mol. The molecule has 3 rings (SSSR count). The lowest BCUT2D eigenvalue weighted by Gasteiger charge is -2.34. The zero-order valence-corrected chi connectivity index (χ0v) is 16.1. The molecule has 0 saturated carbocycles. The Morgan fingerprint density at radius 2 is 2.04 bits per heavy atom. The van der Waals surface area contributed by atoms with E-state index in [4.69, 9.17) is 0 Å². The number of fused-ring (bicyclic) bond motifs is 1. The Morgan fingerprint density at radius 3 is 2.70 bits per heavy atom. The van der Waals surface area contributed by atoms with Gasteiger partial charge < -0.3 is 15.1 Å². The summed E-state index contributed by atoms with van der Waals surface area (Å²) in [6.45, 7) is 7.91. The van der Waals surface area contributed by atoms with Gasteiger partial charge in [0.2, 0.25) is 11.8 Å². The molecule has 2 aromatic rings. The molecule has 2 aromatic heterocycles. The average molecular weight is 373 g/mol. The first-order valence-corrected chi connectivity index (χ1v) is 9.48. The SMILES string of the molecule is CCN(CC(=O)NC(C)C)C(=O)C1CCN(c2ccc3nncn3n2)CC1. The third-order valence-electron chi connectivity index (χ3n) is 4.79. The van der Waals surface area contributed by atoms with Crippen molar-refractivity contribution in [2.75, 3.05) is 31.1 Å². The molecule has 1 fully saturated rings. The molecule has 0 atom stereocenters. The molecule has 0 bridgehead atoms. The van der Waals surface area contributed by atoms with Gasteiger partial charge in [0.05, 0.1) is 6.54 Å². The highest BCUT2D eigenvalue weighted by atomic mass is 16.2. The van der Waals surface area contributed by atoms with Crippen molar-refractivity contribution in [3.05, 3.63) is 18.5 Å². The van der Waals surface area contributed by atoms with Crippen molar-refractivity contribution < 1.29 is 9.59 Å². The van der Waals surface area contributed by atoms with E-state index in [0.717, 1.165) is 31.7 Å². The van der Waals surface area contributed by atoms with Gasteiger partial charge >= 0.3 is 0 Å². The van der Waals surface area contributed by atoms with Crippen LogP contribution in [-0.4, -0.2) is 68.7 Å². The second kappa shape index (κ2) is 8.32. The number of anilines is 1. The maximum absolute atomic E-state index is 12.8. The van der Waals surface area contributed by atoms with Crippen LogP contribution in [0.1, 0.15) is 33.6 Å². The van der Waals surface area contributed by atoms with Crippen molar-refractivity contribution in [1.82, 2.24) is 30.0 Å². The van der Waals surface area contributed by atoms with Crippen LogP contribution in [0.25, 0.3) is 5.65 Å². The molecule has 0 aliphatic carbocycles. The lowest BCUT2D eigenvalue weighted by Crippen LogP contribution is -2.47. The normalized spacial score (nSPS) is 15.3. The first-order valence-electron chi connectivity index (χ1n) is 9.48. The summed E-state index contributed by atoms with van der Waals surface area (Å²) in [5, 5.41) is 15.2. The first-order chi connectivity index (χ1) is 13.0. The lowest BCUT2D eigenvalue weighted by molar-refractivity contribution is -0.139. The number of aromatic nitrogens is 4. The number of nitrogens with zero attached hydrogens (tertiary/aromatic N) is 6. The summed E-state index contributed by atoms with van der Waals surface area (Å²) in [4.78, 5) is 28.6. The molecule has 27 heavy (non-hydrogen) atoms. The first kappa shape index (κ1) is 19.1. The Hall–Kier alpha value is -2.71.